The van der Waals surface area contributed by atoms with Crippen LogP contribution >= 0.6 is 22.9 Å². The van der Waals surface area contributed by atoms with Crippen molar-refractivity contribution in [2.75, 3.05) is 24.3 Å². The van der Waals surface area contributed by atoms with Crippen LogP contribution in [0.1, 0.15) is 10.5 Å². The number of amides is 1. The normalized spacial score (nSPS) is 10.5. The summed E-state index contributed by atoms with van der Waals surface area (Å²) in [7, 11) is 3.82. The van der Waals surface area contributed by atoms with Gasteiger partial charge in [-0.15, -0.1) is 11.3 Å². The lowest BCUT2D eigenvalue weighted by Crippen LogP contribution is -2.14. The second-order valence-corrected chi connectivity index (χ2v) is 6.59. The SMILES string of the molecule is CN(C)c1ccc(NC(=O)c2csc(-c3ccc(Cl)cc3)n2)cn1. The average Bonchev–Trinajstić information content (AvgIpc) is 3.06. The predicted molar refractivity (Wildman–Crippen MR) is 99.1 cm³/mol. The van der Waals surface area contributed by atoms with E-state index in [-0.39, 0.29) is 5.91 Å². The van der Waals surface area contributed by atoms with E-state index in [1.54, 1.807) is 23.7 Å². The molecule has 0 spiro atoms. The topological polar surface area (TPSA) is 58.1 Å². The monoisotopic (exact) mass is 358 g/mol. The third-order valence-corrected chi connectivity index (χ3v) is 4.44. The number of thiazole rings is 1. The molecular formula is C17H15ClN4OS. The molecule has 1 aromatic carbocycles. The number of hydrogen-bond donors (Lipinski definition) is 1. The average molecular weight is 359 g/mol. The van der Waals surface area contributed by atoms with Crippen molar-refractivity contribution in [1.29, 1.82) is 0 Å². The minimum atomic E-state index is -0.258. The van der Waals surface area contributed by atoms with E-state index in [4.69, 9.17) is 11.6 Å². The Morgan fingerprint density at radius 1 is 1.17 bits per heavy atom. The maximum absolute atomic E-state index is 12.3. The van der Waals surface area contributed by atoms with E-state index in [0.717, 1.165) is 16.4 Å². The van der Waals surface area contributed by atoms with E-state index >= 15 is 0 Å². The molecule has 0 aliphatic carbocycles. The number of pyridine rings is 1. The molecule has 1 N–H and O–H groups in total. The fourth-order valence-corrected chi connectivity index (χ4v) is 2.95. The number of benzene rings is 1. The molecule has 24 heavy (non-hydrogen) atoms. The van der Waals surface area contributed by atoms with E-state index in [1.807, 2.05) is 43.3 Å². The molecule has 0 aliphatic rings. The van der Waals surface area contributed by atoms with Crippen LogP contribution in [0.5, 0.6) is 0 Å². The summed E-state index contributed by atoms with van der Waals surface area (Å²) >= 11 is 7.30. The lowest BCUT2D eigenvalue weighted by atomic mass is 10.2. The van der Waals surface area contributed by atoms with Gasteiger partial charge in [0.05, 0.1) is 11.9 Å². The lowest BCUT2D eigenvalue weighted by molar-refractivity contribution is 0.102. The van der Waals surface area contributed by atoms with Gasteiger partial charge < -0.3 is 10.2 Å². The van der Waals surface area contributed by atoms with Crippen LogP contribution in [0.2, 0.25) is 5.02 Å². The summed E-state index contributed by atoms with van der Waals surface area (Å²) in [6, 6.07) is 11.0. The molecule has 0 radical (unpaired) electrons. The van der Waals surface area contributed by atoms with Gasteiger partial charge in [-0.2, -0.15) is 0 Å². The Bertz CT molecular complexity index is 844. The minimum Gasteiger partial charge on any atom is -0.363 e. The van der Waals surface area contributed by atoms with Gasteiger partial charge >= 0.3 is 0 Å². The van der Waals surface area contributed by atoms with Gasteiger partial charge in [0.25, 0.3) is 5.91 Å². The van der Waals surface area contributed by atoms with Crippen molar-refractivity contribution >= 4 is 40.4 Å². The number of aromatic nitrogens is 2. The largest absolute Gasteiger partial charge is 0.363 e. The molecule has 1 amide bonds. The van der Waals surface area contributed by atoms with Crippen molar-refractivity contribution in [1.82, 2.24) is 9.97 Å². The first kappa shape index (κ1) is 16.4. The van der Waals surface area contributed by atoms with E-state index < -0.39 is 0 Å². The minimum absolute atomic E-state index is 0.258. The molecule has 0 saturated heterocycles. The molecule has 0 saturated carbocycles. The Labute approximate surface area is 148 Å². The van der Waals surface area contributed by atoms with Crippen LogP contribution in [0.15, 0.2) is 48.0 Å². The summed E-state index contributed by atoms with van der Waals surface area (Å²) < 4.78 is 0. The van der Waals surface area contributed by atoms with Crippen molar-refractivity contribution in [3.63, 3.8) is 0 Å². The highest BCUT2D eigenvalue weighted by atomic mass is 35.5. The molecule has 3 aromatic rings. The molecule has 2 aromatic heterocycles. The lowest BCUT2D eigenvalue weighted by Gasteiger charge is -2.11. The zero-order valence-electron chi connectivity index (χ0n) is 13.2. The smallest absolute Gasteiger partial charge is 0.275 e. The fraction of sp³-hybridized carbons (Fsp3) is 0.118. The molecule has 2 heterocycles. The number of nitrogens with one attached hydrogen (secondary N) is 1. The van der Waals surface area contributed by atoms with Crippen molar-refractivity contribution in [2.24, 2.45) is 0 Å². The van der Waals surface area contributed by atoms with Crippen molar-refractivity contribution in [3.8, 4) is 10.6 Å². The second kappa shape index (κ2) is 6.98. The number of carbonyl (C=O) groups excluding carboxylic acids is 1. The van der Waals surface area contributed by atoms with Crippen LogP contribution in [0.4, 0.5) is 11.5 Å². The van der Waals surface area contributed by atoms with Gasteiger partial charge in [-0.3, -0.25) is 4.79 Å². The van der Waals surface area contributed by atoms with Gasteiger partial charge in [0, 0.05) is 30.1 Å². The molecule has 0 aliphatic heterocycles. The zero-order chi connectivity index (χ0) is 17.1. The van der Waals surface area contributed by atoms with Crippen LogP contribution in [0, 0.1) is 0 Å². The Morgan fingerprint density at radius 2 is 1.92 bits per heavy atom. The fourth-order valence-electron chi connectivity index (χ4n) is 2.02. The van der Waals surface area contributed by atoms with Gasteiger partial charge in [0.1, 0.15) is 16.5 Å². The number of rotatable bonds is 4. The third kappa shape index (κ3) is 3.72. The van der Waals surface area contributed by atoms with E-state index in [0.29, 0.717) is 16.4 Å². The van der Waals surface area contributed by atoms with Crippen LogP contribution < -0.4 is 10.2 Å². The number of anilines is 2. The first-order valence-electron chi connectivity index (χ1n) is 7.19. The summed E-state index contributed by atoms with van der Waals surface area (Å²) in [6.07, 6.45) is 1.62. The molecule has 0 fully saturated rings. The third-order valence-electron chi connectivity index (χ3n) is 3.29. The molecule has 3 rings (SSSR count). The Kier molecular flexibility index (Phi) is 4.78. The number of hydrogen-bond acceptors (Lipinski definition) is 5. The summed E-state index contributed by atoms with van der Waals surface area (Å²) in [6.45, 7) is 0. The molecule has 7 heteroatoms. The van der Waals surface area contributed by atoms with Crippen LogP contribution in [0.3, 0.4) is 0 Å². The number of carbonyl (C=O) groups is 1. The summed E-state index contributed by atoms with van der Waals surface area (Å²) in [5.41, 5.74) is 1.94. The standard InChI is InChI=1S/C17H15ClN4OS/c1-22(2)15-8-7-13(9-19-15)20-16(23)14-10-24-17(21-14)11-3-5-12(18)6-4-11/h3-10H,1-2H3,(H,20,23). The highest BCUT2D eigenvalue weighted by Crippen LogP contribution is 2.25. The molecule has 0 atom stereocenters. The Morgan fingerprint density at radius 3 is 2.54 bits per heavy atom. The predicted octanol–water partition coefficient (Wildman–Crippen LogP) is 4.18. The number of halogens is 1. The summed E-state index contributed by atoms with van der Waals surface area (Å²) in [5, 5.41) is 5.98. The second-order valence-electron chi connectivity index (χ2n) is 5.30. The quantitative estimate of drug-likeness (QED) is 0.760. The Hall–Kier alpha value is -2.44. The van der Waals surface area contributed by atoms with Gasteiger partial charge in [0.2, 0.25) is 0 Å². The maximum atomic E-state index is 12.3. The van der Waals surface area contributed by atoms with E-state index in [2.05, 4.69) is 15.3 Å². The van der Waals surface area contributed by atoms with Crippen LogP contribution in [0.25, 0.3) is 10.6 Å². The van der Waals surface area contributed by atoms with Crippen molar-refractivity contribution in [2.45, 2.75) is 0 Å². The first-order chi connectivity index (χ1) is 11.5. The van der Waals surface area contributed by atoms with Gasteiger partial charge in [-0.1, -0.05) is 23.7 Å². The van der Waals surface area contributed by atoms with Crippen molar-refractivity contribution < 1.29 is 4.79 Å². The van der Waals surface area contributed by atoms with Gasteiger partial charge in [-0.05, 0) is 24.3 Å². The van der Waals surface area contributed by atoms with Crippen LogP contribution in [-0.4, -0.2) is 30.0 Å². The van der Waals surface area contributed by atoms with Gasteiger partial charge in [-0.25, -0.2) is 9.97 Å². The molecule has 0 unspecified atom stereocenters. The Balaban J connectivity index is 1.72. The first-order valence-corrected chi connectivity index (χ1v) is 8.45. The highest BCUT2D eigenvalue weighted by Gasteiger charge is 2.12. The zero-order valence-corrected chi connectivity index (χ0v) is 14.7. The van der Waals surface area contributed by atoms with Gasteiger partial charge in [0.15, 0.2) is 0 Å². The molecule has 122 valence electrons. The summed E-state index contributed by atoms with van der Waals surface area (Å²) in [4.78, 5) is 22.9. The highest BCUT2D eigenvalue weighted by molar-refractivity contribution is 7.13. The van der Waals surface area contributed by atoms with E-state index in [9.17, 15) is 4.79 Å². The van der Waals surface area contributed by atoms with Crippen LogP contribution in [-0.2, 0) is 0 Å². The number of nitrogens with zero attached hydrogens (tertiary/aromatic N) is 3. The summed E-state index contributed by atoms with van der Waals surface area (Å²) in [5.74, 6) is 0.567. The molecule has 0 bridgehead atoms. The maximum Gasteiger partial charge on any atom is 0.275 e. The molecule has 5 nitrogen and oxygen atoms in total. The van der Waals surface area contributed by atoms with E-state index in [1.165, 1.54) is 11.3 Å². The van der Waals surface area contributed by atoms with Crippen molar-refractivity contribution in [3.05, 3.63) is 58.7 Å². The molecular weight excluding hydrogens is 344 g/mol.